The Hall–Kier alpha value is -1.84. The zero-order valence-corrected chi connectivity index (χ0v) is 14.1. The number of aromatic nitrogens is 1. The van der Waals surface area contributed by atoms with Gasteiger partial charge in [-0.1, -0.05) is 19.3 Å². The lowest BCUT2D eigenvalue weighted by Crippen LogP contribution is -2.42. The van der Waals surface area contributed by atoms with Crippen molar-refractivity contribution in [3.8, 4) is 0 Å². The maximum absolute atomic E-state index is 13.4. The molecule has 1 aliphatic carbocycles. The third kappa shape index (κ3) is 3.06. The molecule has 1 unspecified atom stereocenters. The molecule has 0 radical (unpaired) electrons. The maximum atomic E-state index is 13.4. The smallest absolute Gasteiger partial charge is 0.225 e. The minimum atomic E-state index is -0.203. The van der Waals surface area contributed by atoms with Gasteiger partial charge >= 0.3 is 0 Å². The van der Waals surface area contributed by atoms with Gasteiger partial charge in [-0.15, -0.1) is 0 Å². The fraction of sp³-hybridized carbons (Fsp3) is 0.550. The molecular formula is C20H25FN2O. The number of aromatic amines is 1. The minimum Gasteiger partial charge on any atom is -0.358 e. The zero-order chi connectivity index (χ0) is 16.5. The largest absolute Gasteiger partial charge is 0.358 e. The Morgan fingerprint density at radius 3 is 2.75 bits per heavy atom. The quantitative estimate of drug-likeness (QED) is 0.860. The van der Waals surface area contributed by atoms with Crippen LogP contribution in [0.5, 0.6) is 0 Å². The number of halogens is 1. The topological polar surface area (TPSA) is 36.1 Å². The van der Waals surface area contributed by atoms with Crippen LogP contribution in [0, 0.1) is 11.7 Å². The minimum absolute atomic E-state index is 0.203. The second kappa shape index (κ2) is 6.58. The molecule has 0 spiro atoms. The molecule has 2 heterocycles. The lowest BCUT2D eigenvalue weighted by Gasteiger charge is -2.35. The Morgan fingerprint density at radius 1 is 1.08 bits per heavy atom. The van der Waals surface area contributed by atoms with Crippen molar-refractivity contribution in [2.75, 3.05) is 13.1 Å². The number of piperidine rings is 1. The van der Waals surface area contributed by atoms with Crippen molar-refractivity contribution in [3.05, 3.63) is 35.8 Å². The fourth-order valence-corrected chi connectivity index (χ4v) is 4.38. The lowest BCUT2D eigenvalue weighted by molar-refractivity contribution is -0.137. The molecule has 1 N–H and O–H groups in total. The molecule has 0 bridgehead atoms. The van der Waals surface area contributed by atoms with Crippen molar-refractivity contribution in [3.63, 3.8) is 0 Å². The molecule has 1 aromatic carbocycles. The van der Waals surface area contributed by atoms with Crippen molar-refractivity contribution in [1.82, 2.24) is 9.88 Å². The molecule has 1 aliphatic heterocycles. The van der Waals surface area contributed by atoms with Gasteiger partial charge in [0.25, 0.3) is 0 Å². The first-order valence-electron chi connectivity index (χ1n) is 9.27. The Bertz CT molecular complexity index is 732. The SMILES string of the molecule is O=C(C1CCCCC1)N1CCCC(c2cc3cc(F)ccc3[nH]2)C1. The molecule has 128 valence electrons. The highest BCUT2D eigenvalue weighted by atomic mass is 19.1. The molecule has 1 amide bonds. The van der Waals surface area contributed by atoms with Gasteiger partial charge in [0.05, 0.1) is 0 Å². The predicted octanol–water partition coefficient (Wildman–Crippen LogP) is 4.59. The summed E-state index contributed by atoms with van der Waals surface area (Å²) in [5, 5.41) is 0.917. The van der Waals surface area contributed by atoms with Crippen molar-refractivity contribution in [2.24, 2.45) is 5.92 Å². The Kier molecular flexibility index (Phi) is 4.30. The third-order valence-corrected chi connectivity index (χ3v) is 5.73. The van der Waals surface area contributed by atoms with E-state index >= 15 is 0 Å². The second-order valence-electron chi connectivity index (χ2n) is 7.41. The summed E-state index contributed by atoms with van der Waals surface area (Å²) in [6.07, 6.45) is 7.93. The molecule has 4 heteroatoms. The van der Waals surface area contributed by atoms with Crippen molar-refractivity contribution in [1.29, 1.82) is 0 Å². The van der Waals surface area contributed by atoms with E-state index in [0.29, 0.717) is 11.8 Å². The van der Waals surface area contributed by atoms with Gasteiger partial charge in [-0.25, -0.2) is 4.39 Å². The summed E-state index contributed by atoms with van der Waals surface area (Å²) < 4.78 is 13.4. The summed E-state index contributed by atoms with van der Waals surface area (Å²) in [4.78, 5) is 18.3. The molecule has 1 atom stereocenters. The Morgan fingerprint density at radius 2 is 1.92 bits per heavy atom. The number of amides is 1. The number of likely N-dealkylation sites (tertiary alicyclic amines) is 1. The molecule has 1 saturated carbocycles. The van der Waals surface area contributed by atoms with E-state index in [9.17, 15) is 9.18 Å². The average molecular weight is 328 g/mol. The van der Waals surface area contributed by atoms with Crippen LogP contribution in [0.1, 0.15) is 56.6 Å². The molecule has 2 aromatic rings. The van der Waals surface area contributed by atoms with Gasteiger partial charge in [0.15, 0.2) is 0 Å². The van der Waals surface area contributed by atoms with Crippen molar-refractivity contribution < 1.29 is 9.18 Å². The van der Waals surface area contributed by atoms with E-state index in [4.69, 9.17) is 0 Å². The number of hydrogen-bond acceptors (Lipinski definition) is 1. The number of carbonyl (C=O) groups is 1. The summed E-state index contributed by atoms with van der Waals surface area (Å²) >= 11 is 0. The van der Waals surface area contributed by atoms with Crippen LogP contribution in [-0.2, 0) is 4.79 Å². The highest BCUT2D eigenvalue weighted by molar-refractivity contribution is 5.81. The number of fused-ring (bicyclic) bond motifs is 1. The van der Waals surface area contributed by atoms with Crippen LogP contribution in [0.15, 0.2) is 24.3 Å². The lowest BCUT2D eigenvalue weighted by atomic mass is 9.87. The fourth-order valence-electron chi connectivity index (χ4n) is 4.38. The van der Waals surface area contributed by atoms with Crippen LogP contribution in [0.3, 0.4) is 0 Å². The summed E-state index contributed by atoms with van der Waals surface area (Å²) in [5.74, 6) is 0.739. The van der Waals surface area contributed by atoms with Gasteiger partial charge in [-0.3, -0.25) is 4.79 Å². The number of carbonyl (C=O) groups excluding carboxylic acids is 1. The van der Waals surface area contributed by atoms with Crippen molar-refractivity contribution >= 4 is 16.8 Å². The maximum Gasteiger partial charge on any atom is 0.225 e. The first kappa shape index (κ1) is 15.7. The molecule has 3 nitrogen and oxygen atoms in total. The van der Waals surface area contributed by atoms with E-state index in [1.807, 2.05) is 0 Å². The number of hydrogen-bond donors (Lipinski definition) is 1. The van der Waals surface area contributed by atoms with E-state index < -0.39 is 0 Å². The highest BCUT2D eigenvalue weighted by Gasteiger charge is 2.30. The van der Waals surface area contributed by atoms with E-state index in [1.165, 1.54) is 25.3 Å². The number of rotatable bonds is 2. The normalized spacial score (nSPS) is 22.9. The summed E-state index contributed by atoms with van der Waals surface area (Å²) in [6.45, 7) is 1.69. The molecule has 1 saturated heterocycles. The van der Waals surface area contributed by atoms with Crippen LogP contribution in [0.2, 0.25) is 0 Å². The van der Waals surface area contributed by atoms with Gasteiger partial charge in [0, 0.05) is 41.5 Å². The van der Waals surface area contributed by atoms with Crippen molar-refractivity contribution in [2.45, 2.75) is 50.9 Å². The highest BCUT2D eigenvalue weighted by Crippen LogP contribution is 2.32. The van der Waals surface area contributed by atoms with Crippen LogP contribution in [0.4, 0.5) is 4.39 Å². The molecule has 24 heavy (non-hydrogen) atoms. The average Bonchev–Trinajstić information content (AvgIpc) is 3.05. The summed E-state index contributed by atoms with van der Waals surface area (Å²) in [7, 11) is 0. The van der Waals surface area contributed by atoms with Gasteiger partial charge < -0.3 is 9.88 Å². The van der Waals surface area contributed by atoms with E-state index in [1.54, 1.807) is 12.1 Å². The first-order chi connectivity index (χ1) is 11.7. The number of H-pyrrole nitrogens is 1. The summed E-state index contributed by atoms with van der Waals surface area (Å²) in [5.41, 5.74) is 2.11. The Labute approximate surface area is 142 Å². The van der Waals surface area contributed by atoms with Gasteiger partial charge in [-0.2, -0.15) is 0 Å². The van der Waals surface area contributed by atoms with Crippen LogP contribution in [0.25, 0.3) is 10.9 Å². The molecule has 1 aromatic heterocycles. The van der Waals surface area contributed by atoms with E-state index in [2.05, 4.69) is 16.0 Å². The third-order valence-electron chi connectivity index (χ3n) is 5.73. The molecule has 4 rings (SSSR count). The molecule has 2 fully saturated rings. The predicted molar refractivity (Wildman–Crippen MR) is 93.4 cm³/mol. The van der Waals surface area contributed by atoms with Gasteiger partial charge in [0.1, 0.15) is 5.82 Å². The van der Waals surface area contributed by atoms with E-state index in [0.717, 1.165) is 55.4 Å². The summed E-state index contributed by atoms with van der Waals surface area (Å²) in [6, 6.07) is 6.91. The van der Waals surface area contributed by atoms with Gasteiger partial charge in [-0.05, 0) is 49.9 Å². The zero-order valence-electron chi connectivity index (χ0n) is 14.1. The monoisotopic (exact) mass is 328 g/mol. The van der Waals surface area contributed by atoms with Crippen LogP contribution in [-0.4, -0.2) is 28.9 Å². The number of benzene rings is 1. The standard InChI is InChI=1S/C20H25FN2O/c21-17-8-9-18-16(11-17)12-19(22-18)15-7-4-10-23(13-15)20(24)14-5-2-1-3-6-14/h8-9,11-12,14-15,22H,1-7,10,13H2. The van der Waals surface area contributed by atoms with Crippen LogP contribution >= 0.6 is 0 Å². The number of nitrogens with zero attached hydrogens (tertiary/aromatic N) is 1. The molecular weight excluding hydrogens is 303 g/mol. The van der Waals surface area contributed by atoms with Gasteiger partial charge in [0.2, 0.25) is 5.91 Å². The second-order valence-corrected chi connectivity index (χ2v) is 7.41. The first-order valence-corrected chi connectivity index (χ1v) is 9.27. The molecule has 2 aliphatic rings. The van der Waals surface area contributed by atoms with Crippen LogP contribution < -0.4 is 0 Å². The Balaban J connectivity index is 1.50. The van der Waals surface area contributed by atoms with E-state index in [-0.39, 0.29) is 11.7 Å². The number of nitrogens with one attached hydrogen (secondary N) is 1.